The Bertz CT molecular complexity index is 462. The molecule has 0 radical (unpaired) electrons. The normalized spacial score (nSPS) is 15.9. The van der Waals surface area contributed by atoms with Crippen LogP contribution in [0.4, 0.5) is 4.79 Å². The number of rotatable bonds is 1. The van der Waals surface area contributed by atoms with Crippen molar-refractivity contribution in [1.29, 1.82) is 0 Å². The highest BCUT2D eigenvalue weighted by Gasteiger charge is 2.25. The Kier molecular flexibility index (Phi) is 3.80. The van der Waals surface area contributed by atoms with Crippen LogP contribution in [0, 0.1) is 0 Å². The zero-order valence-electron chi connectivity index (χ0n) is 11.7. The van der Waals surface area contributed by atoms with Gasteiger partial charge in [0.05, 0.1) is 24.5 Å². The summed E-state index contributed by atoms with van der Waals surface area (Å²) in [6.07, 6.45) is 0.534. The molecule has 0 unspecified atom stereocenters. The van der Waals surface area contributed by atoms with Gasteiger partial charge in [0.15, 0.2) is 0 Å². The standard InChI is InChI=1S/C13H21N3O3/c1-13(2,3)19-12(18)15-5-4-6-16-11(8-15)7-10(9-17)14-16/h7,17H,4-6,8-9H2,1-3H3. The number of ether oxygens (including phenoxy) is 1. The summed E-state index contributed by atoms with van der Waals surface area (Å²) in [7, 11) is 0. The van der Waals surface area contributed by atoms with Crippen molar-refractivity contribution in [3.05, 3.63) is 17.5 Å². The second-order valence-corrected chi connectivity index (χ2v) is 5.76. The van der Waals surface area contributed by atoms with Gasteiger partial charge in [-0.15, -0.1) is 0 Å². The van der Waals surface area contributed by atoms with Crippen molar-refractivity contribution in [2.24, 2.45) is 0 Å². The molecule has 0 bridgehead atoms. The fourth-order valence-electron chi connectivity index (χ4n) is 2.08. The first kappa shape index (κ1) is 13.9. The molecular formula is C13H21N3O3. The molecule has 0 saturated carbocycles. The summed E-state index contributed by atoms with van der Waals surface area (Å²) in [5.41, 5.74) is 1.09. The summed E-state index contributed by atoms with van der Waals surface area (Å²) in [4.78, 5) is 13.8. The summed E-state index contributed by atoms with van der Waals surface area (Å²) in [5.74, 6) is 0. The third-order valence-electron chi connectivity index (χ3n) is 2.88. The lowest BCUT2D eigenvalue weighted by molar-refractivity contribution is 0.0236. The van der Waals surface area contributed by atoms with E-state index >= 15 is 0 Å². The number of nitrogens with zero attached hydrogens (tertiary/aromatic N) is 3. The van der Waals surface area contributed by atoms with Gasteiger partial charge < -0.3 is 14.7 Å². The molecule has 6 nitrogen and oxygen atoms in total. The quantitative estimate of drug-likeness (QED) is 0.837. The van der Waals surface area contributed by atoms with E-state index in [0.29, 0.717) is 18.8 Å². The molecule has 1 aliphatic heterocycles. The van der Waals surface area contributed by atoms with Gasteiger partial charge >= 0.3 is 6.09 Å². The highest BCUT2D eigenvalue weighted by Crippen LogP contribution is 2.17. The summed E-state index contributed by atoms with van der Waals surface area (Å²) >= 11 is 0. The van der Waals surface area contributed by atoms with Gasteiger partial charge in [-0.1, -0.05) is 0 Å². The van der Waals surface area contributed by atoms with Gasteiger partial charge in [-0.25, -0.2) is 4.79 Å². The molecular weight excluding hydrogens is 246 g/mol. The van der Waals surface area contributed by atoms with Crippen molar-refractivity contribution in [3.63, 3.8) is 0 Å². The lowest BCUT2D eigenvalue weighted by atomic mass is 10.2. The van der Waals surface area contributed by atoms with E-state index in [2.05, 4.69) is 5.10 Å². The van der Waals surface area contributed by atoms with Crippen molar-refractivity contribution in [3.8, 4) is 0 Å². The SMILES string of the molecule is CC(C)(C)OC(=O)N1CCCn2nc(CO)cc2C1. The van der Waals surface area contributed by atoms with Crippen LogP contribution in [0.25, 0.3) is 0 Å². The minimum absolute atomic E-state index is 0.0769. The molecule has 0 aliphatic carbocycles. The second kappa shape index (κ2) is 5.21. The number of aliphatic hydroxyl groups is 1. The molecule has 19 heavy (non-hydrogen) atoms. The van der Waals surface area contributed by atoms with Crippen molar-refractivity contribution < 1.29 is 14.6 Å². The number of hydrogen-bond donors (Lipinski definition) is 1. The minimum atomic E-state index is -0.486. The van der Waals surface area contributed by atoms with E-state index in [-0.39, 0.29) is 12.7 Å². The molecule has 1 N–H and O–H groups in total. The predicted octanol–water partition coefficient (Wildman–Crippen LogP) is 1.52. The zero-order valence-corrected chi connectivity index (χ0v) is 11.7. The van der Waals surface area contributed by atoms with E-state index in [1.165, 1.54) is 0 Å². The fourth-order valence-corrected chi connectivity index (χ4v) is 2.08. The minimum Gasteiger partial charge on any atom is -0.444 e. The van der Waals surface area contributed by atoms with Gasteiger partial charge in [-0.05, 0) is 33.3 Å². The van der Waals surface area contributed by atoms with Gasteiger partial charge in [-0.3, -0.25) is 4.68 Å². The molecule has 2 heterocycles. The Hall–Kier alpha value is -1.56. The first-order valence-corrected chi connectivity index (χ1v) is 6.53. The number of carbonyl (C=O) groups is 1. The van der Waals surface area contributed by atoms with Gasteiger partial charge in [-0.2, -0.15) is 5.10 Å². The van der Waals surface area contributed by atoms with E-state index in [9.17, 15) is 4.79 Å². The molecule has 1 aliphatic rings. The number of fused-ring (bicyclic) bond motifs is 1. The third-order valence-corrected chi connectivity index (χ3v) is 2.88. The Balaban J connectivity index is 2.10. The third kappa shape index (κ3) is 3.47. The molecule has 0 saturated heterocycles. The largest absolute Gasteiger partial charge is 0.444 e. The highest BCUT2D eigenvalue weighted by molar-refractivity contribution is 5.68. The maximum Gasteiger partial charge on any atom is 0.410 e. The lowest BCUT2D eigenvalue weighted by Gasteiger charge is -2.26. The molecule has 1 aromatic rings. The van der Waals surface area contributed by atoms with Crippen LogP contribution in [0.1, 0.15) is 38.6 Å². The van der Waals surface area contributed by atoms with Crippen LogP contribution < -0.4 is 0 Å². The molecule has 6 heteroatoms. The molecule has 0 fully saturated rings. The molecule has 2 rings (SSSR count). The van der Waals surface area contributed by atoms with Gasteiger partial charge in [0.2, 0.25) is 0 Å². The Morgan fingerprint density at radius 1 is 1.47 bits per heavy atom. The van der Waals surface area contributed by atoms with Crippen LogP contribution in [-0.2, 0) is 24.4 Å². The van der Waals surface area contributed by atoms with Crippen LogP contribution in [0.3, 0.4) is 0 Å². The summed E-state index contributed by atoms with van der Waals surface area (Å²) < 4.78 is 7.25. The maximum atomic E-state index is 12.1. The molecule has 1 aromatic heterocycles. The van der Waals surface area contributed by atoms with Crippen molar-refractivity contribution in [2.45, 2.75) is 52.5 Å². The fraction of sp³-hybridized carbons (Fsp3) is 0.692. The molecule has 0 spiro atoms. The van der Waals surface area contributed by atoms with Crippen LogP contribution in [0.2, 0.25) is 0 Å². The topological polar surface area (TPSA) is 67.6 Å². The van der Waals surface area contributed by atoms with Crippen molar-refractivity contribution >= 4 is 6.09 Å². The first-order chi connectivity index (χ1) is 8.89. The van der Waals surface area contributed by atoms with Crippen LogP contribution in [-0.4, -0.2) is 38.0 Å². The monoisotopic (exact) mass is 267 g/mol. The number of amides is 1. The van der Waals surface area contributed by atoms with Crippen LogP contribution in [0.5, 0.6) is 0 Å². The van der Waals surface area contributed by atoms with Crippen LogP contribution in [0.15, 0.2) is 6.07 Å². The number of aryl methyl sites for hydroxylation is 1. The number of hydrogen-bond acceptors (Lipinski definition) is 4. The van der Waals surface area contributed by atoms with E-state index in [1.54, 1.807) is 4.90 Å². The highest BCUT2D eigenvalue weighted by atomic mass is 16.6. The summed E-state index contributed by atoms with van der Waals surface area (Å²) in [6, 6.07) is 1.84. The van der Waals surface area contributed by atoms with Crippen molar-refractivity contribution in [1.82, 2.24) is 14.7 Å². The molecule has 0 atom stereocenters. The number of carbonyl (C=O) groups excluding carboxylic acids is 1. The predicted molar refractivity (Wildman–Crippen MR) is 69.4 cm³/mol. The van der Waals surface area contributed by atoms with Crippen LogP contribution >= 0.6 is 0 Å². The summed E-state index contributed by atoms with van der Waals surface area (Å²) in [6.45, 7) is 7.39. The molecule has 106 valence electrons. The first-order valence-electron chi connectivity index (χ1n) is 6.53. The Morgan fingerprint density at radius 2 is 2.21 bits per heavy atom. The van der Waals surface area contributed by atoms with E-state index in [4.69, 9.17) is 9.84 Å². The van der Waals surface area contributed by atoms with Gasteiger partial charge in [0.25, 0.3) is 0 Å². The lowest BCUT2D eigenvalue weighted by Crippen LogP contribution is -2.36. The molecule has 0 aromatic carbocycles. The summed E-state index contributed by atoms with van der Waals surface area (Å²) in [5, 5.41) is 13.4. The zero-order chi connectivity index (χ0) is 14.0. The Morgan fingerprint density at radius 3 is 2.84 bits per heavy atom. The van der Waals surface area contributed by atoms with E-state index in [1.807, 2.05) is 31.5 Å². The van der Waals surface area contributed by atoms with Crippen molar-refractivity contribution in [2.75, 3.05) is 6.54 Å². The molecule has 1 amide bonds. The van der Waals surface area contributed by atoms with E-state index in [0.717, 1.165) is 18.7 Å². The average molecular weight is 267 g/mol. The number of aliphatic hydroxyl groups excluding tert-OH is 1. The maximum absolute atomic E-state index is 12.1. The average Bonchev–Trinajstić information content (AvgIpc) is 2.58. The van der Waals surface area contributed by atoms with Gasteiger partial charge in [0.1, 0.15) is 5.60 Å². The smallest absolute Gasteiger partial charge is 0.410 e. The Labute approximate surface area is 113 Å². The van der Waals surface area contributed by atoms with E-state index < -0.39 is 5.60 Å². The second-order valence-electron chi connectivity index (χ2n) is 5.76. The van der Waals surface area contributed by atoms with Gasteiger partial charge in [0, 0.05) is 13.1 Å². The number of aromatic nitrogens is 2.